The first-order valence-electron chi connectivity index (χ1n) is 10.6. The van der Waals surface area contributed by atoms with Gasteiger partial charge in [-0.3, -0.25) is 10.1 Å². The largest absolute Gasteiger partial charge is 0.319 e. The molecule has 1 amide bonds. The third-order valence-electron chi connectivity index (χ3n) is 6.32. The Morgan fingerprint density at radius 2 is 1.68 bits per heavy atom. The molecule has 6 nitrogen and oxygen atoms in total. The van der Waals surface area contributed by atoms with E-state index in [0.29, 0.717) is 32.5 Å². The van der Waals surface area contributed by atoms with E-state index in [1.807, 2.05) is 18.7 Å². The van der Waals surface area contributed by atoms with Crippen molar-refractivity contribution in [3.63, 3.8) is 0 Å². The van der Waals surface area contributed by atoms with E-state index in [9.17, 15) is 17.6 Å². The Labute approximate surface area is 183 Å². The highest BCUT2D eigenvalue weighted by molar-refractivity contribution is 7.89. The van der Waals surface area contributed by atoms with Crippen molar-refractivity contribution in [2.75, 3.05) is 13.1 Å². The van der Waals surface area contributed by atoms with Crippen LogP contribution in [0.5, 0.6) is 0 Å². The Kier molecular flexibility index (Phi) is 5.89. The van der Waals surface area contributed by atoms with Crippen molar-refractivity contribution in [2.45, 2.75) is 49.8 Å². The number of halogens is 1. The summed E-state index contributed by atoms with van der Waals surface area (Å²) in [5.41, 5.74) is 0.239. The van der Waals surface area contributed by atoms with E-state index in [2.05, 4.69) is 5.32 Å². The highest BCUT2D eigenvalue weighted by Crippen LogP contribution is 2.36. The summed E-state index contributed by atoms with van der Waals surface area (Å²) in [4.78, 5) is 15.4. The van der Waals surface area contributed by atoms with Crippen molar-refractivity contribution in [1.29, 1.82) is 0 Å². The number of nitrogens with zero attached hydrogens (tertiary/aromatic N) is 2. The summed E-state index contributed by atoms with van der Waals surface area (Å²) in [5, 5.41) is 3.53. The van der Waals surface area contributed by atoms with E-state index < -0.39 is 15.7 Å². The highest BCUT2D eigenvalue weighted by atomic mass is 32.2. The van der Waals surface area contributed by atoms with E-state index in [1.165, 1.54) is 16.4 Å². The van der Waals surface area contributed by atoms with E-state index >= 15 is 0 Å². The fraction of sp³-hybridized carbons (Fsp3) is 0.435. The zero-order valence-electron chi connectivity index (χ0n) is 17.8. The lowest BCUT2D eigenvalue weighted by molar-refractivity contribution is -0.134. The number of rotatable bonds is 5. The second-order valence-electron chi connectivity index (χ2n) is 8.67. The Bertz CT molecular complexity index is 1030. The number of hydrogen-bond donors (Lipinski definition) is 1. The summed E-state index contributed by atoms with van der Waals surface area (Å²) in [6, 6.07) is 14.3. The molecule has 2 aromatic rings. The number of carbonyl (C=O) groups excluding carboxylic acids is 1. The van der Waals surface area contributed by atoms with Gasteiger partial charge < -0.3 is 4.90 Å². The van der Waals surface area contributed by atoms with Crippen LogP contribution in [-0.4, -0.2) is 48.3 Å². The predicted octanol–water partition coefficient (Wildman–Crippen LogP) is 2.96. The fourth-order valence-corrected chi connectivity index (χ4v) is 5.98. The molecule has 1 atom stereocenters. The van der Waals surface area contributed by atoms with E-state index in [1.54, 1.807) is 42.5 Å². The Morgan fingerprint density at radius 1 is 1.06 bits per heavy atom. The monoisotopic (exact) mass is 445 g/mol. The van der Waals surface area contributed by atoms with Gasteiger partial charge in [-0.25, -0.2) is 12.8 Å². The molecule has 2 heterocycles. The van der Waals surface area contributed by atoms with Gasteiger partial charge in [0.05, 0.1) is 16.6 Å². The van der Waals surface area contributed by atoms with Gasteiger partial charge in [0.1, 0.15) is 5.82 Å². The maximum absolute atomic E-state index is 13.3. The van der Waals surface area contributed by atoms with Gasteiger partial charge in [0.25, 0.3) is 0 Å². The molecule has 0 radical (unpaired) electrons. The smallest absolute Gasteiger partial charge is 0.243 e. The summed E-state index contributed by atoms with van der Waals surface area (Å²) >= 11 is 0. The molecule has 2 saturated heterocycles. The molecule has 0 bridgehead atoms. The number of piperidine rings is 1. The predicted molar refractivity (Wildman–Crippen MR) is 116 cm³/mol. The van der Waals surface area contributed by atoms with Crippen molar-refractivity contribution in [3.05, 3.63) is 66.0 Å². The van der Waals surface area contributed by atoms with Crippen molar-refractivity contribution in [1.82, 2.24) is 14.5 Å². The van der Waals surface area contributed by atoms with Gasteiger partial charge in [-0.05, 0) is 48.6 Å². The van der Waals surface area contributed by atoms with Crippen LogP contribution in [0, 0.1) is 11.7 Å². The lowest BCUT2D eigenvalue weighted by Crippen LogP contribution is -2.59. The van der Waals surface area contributed by atoms with Gasteiger partial charge in [0.15, 0.2) is 0 Å². The number of carbonyl (C=O) groups is 1. The molecule has 166 valence electrons. The molecule has 31 heavy (non-hydrogen) atoms. The molecule has 0 aliphatic carbocycles. The van der Waals surface area contributed by atoms with Crippen LogP contribution in [0.15, 0.2) is 59.5 Å². The Morgan fingerprint density at radius 3 is 2.26 bits per heavy atom. The molecule has 0 unspecified atom stereocenters. The summed E-state index contributed by atoms with van der Waals surface area (Å²) in [5.74, 6) is -0.198. The van der Waals surface area contributed by atoms with Gasteiger partial charge >= 0.3 is 0 Å². The van der Waals surface area contributed by atoms with Crippen LogP contribution in [0.4, 0.5) is 4.39 Å². The van der Waals surface area contributed by atoms with Gasteiger partial charge in [0, 0.05) is 19.6 Å². The minimum Gasteiger partial charge on any atom is -0.319 e. The molecule has 2 aromatic carbocycles. The number of benzene rings is 2. The molecule has 4 rings (SSSR count). The molecule has 2 aliphatic rings. The second kappa shape index (κ2) is 8.33. The number of amides is 1. The molecule has 0 saturated carbocycles. The Hall–Kier alpha value is -2.29. The van der Waals surface area contributed by atoms with E-state index in [4.69, 9.17) is 0 Å². The SMILES string of the molecule is CC(C)[C@H]1NC2(CCN(S(=O)(=O)c3ccccc3)CC2)N(Cc2ccc(F)cc2)C1=O. The van der Waals surface area contributed by atoms with Crippen molar-refractivity contribution in [3.8, 4) is 0 Å². The summed E-state index contributed by atoms with van der Waals surface area (Å²) < 4.78 is 40.9. The Balaban J connectivity index is 1.57. The lowest BCUT2D eigenvalue weighted by Gasteiger charge is -2.44. The van der Waals surface area contributed by atoms with Crippen LogP contribution in [0.3, 0.4) is 0 Å². The van der Waals surface area contributed by atoms with Crippen LogP contribution in [-0.2, 0) is 21.4 Å². The maximum Gasteiger partial charge on any atom is 0.243 e. The van der Waals surface area contributed by atoms with Crippen LogP contribution in [0.1, 0.15) is 32.3 Å². The summed E-state index contributed by atoms with van der Waals surface area (Å²) in [7, 11) is -3.57. The van der Waals surface area contributed by atoms with Gasteiger partial charge in [-0.15, -0.1) is 0 Å². The van der Waals surface area contributed by atoms with Crippen LogP contribution in [0.25, 0.3) is 0 Å². The maximum atomic E-state index is 13.3. The minimum absolute atomic E-state index is 0.0127. The quantitative estimate of drug-likeness (QED) is 0.768. The van der Waals surface area contributed by atoms with Gasteiger partial charge in [0.2, 0.25) is 15.9 Å². The summed E-state index contributed by atoms with van der Waals surface area (Å²) in [6.45, 7) is 5.00. The zero-order chi connectivity index (χ0) is 22.2. The third kappa shape index (κ3) is 4.12. The van der Waals surface area contributed by atoms with Crippen LogP contribution in [0.2, 0.25) is 0 Å². The lowest BCUT2D eigenvalue weighted by atomic mass is 9.96. The topological polar surface area (TPSA) is 69.7 Å². The average molecular weight is 446 g/mol. The first-order chi connectivity index (χ1) is 14.7. The summed E-state index contributed by atoms with van der Waals surface area (Å²) in [6.07, 6.45) is 0.991. The van der Waals surface area contributed by atoms with E-state index in [-0.39, 0.29) is 28.6 Å². The molecular formula is C23H28FN3O3S. The molecule has 1 spiro atoms. The second-order valence-corrected chi connectivity index (χ2v) is 10.6. The van der Waals surface area contributed by atoms with E-state index in [0.717, 1.165) is 5.56 Å². The zero-order valence-corrected chi connectivity index (χ0v) is 18.6. The first-order valence-corrected chi connectivity index (χ1v) is 12.1. The van der Waals surface area contributed by atoms with Crippen LogP contribution < -0.4 is 5.32 Å². The van der Waals surface area contributed by atoms with Gasteiger partial charge in [-0.2, -0.15) is 4.31 Å². The normalized spacial score (nSPS) is 21.9. The van der Waals surface area contributed by atoms with Gasteiger partial charge in [-0.1, -0.05) is 44.2 Å². The molecule has 2 aliphatic heterocycles. The number of nitrogens with one attached hydrogen (secondary N) is 1. The standard InChI is InChI=1S/C23H28FN3O3S/c1-17(2)21-22(28)27(16-18-8-10-19(24)11-9-18)23(25-21)12-14-26(15-13-23)31(29,30)20-6-4-3-5-7-20/h3-11,17,21,25H,12-16H2,1-2H3/t21-/m1/s1. The van der Waals surface area contributed by atoms with Crippen molar-refractivity contribution < 1.29 is 17.6 Å². The first kappa shape index (κ1) is 21.9. The molecule has 0 aromatic heterocycles. The molecule has 2 fully saturated rings. The molecule has 8 heteroatoms. The number of sulfonamides is 1. The average Bonchev–Trinajstić information content (AvgIpc) is 3.02. The number of hydrogen-bond acceptors (Lipinski definition) is 4. The van der Waals surface area contributed by atoms with Crippen molar-refractivity contribution in [2.24, 2.45) is 5.92 Å². The van der Waals surface area contributed by atoms with Crippen LogP contribution >= 0.6 is 0 Å². The third-order valence-corrected chi connectivity index (χ3v) is 8.24. The fourth-order valence-electron chi connectivity index (χ4n) is 4.51. The minimum atomic E-state index is -3.57. The highest BCUT2D eigenvalue weighted by Gasteiger charge is 2.53. The van der Waals surface area contributed by atoms with Crippen molar-refractivity contribution >= 4 is 15.9 Å². The molecule has 1 N–H and O–H groups in total. The molecular weight excluding hydrogens is 417 g/mol.